The first-order chi connectivity index (χ1) is 9.19. The fourth-order valence-corrected chi connectivity index (χ4v) is 1.27. The summed E-state index contributed by atoms with van der Waals surface area (Å²) in [5.74, 6) is 1.87. The Labute approximate surface area is 123 Å². The first-order valence-corrected chi connectivity index (χ1v) is 7.06. The Bertz CT molecular complexity index is 415. The first-order valence-electron chi connectivity index (χ1n) is 7.06. The molecule has 0 bridgehead atoms. The Morgan fingerprint density at radius 1 is 0.850 bits per heavy atom. The number of hydrogen-bond acceptors (Lipinski definition) is 4. The van der Waals surface area contributed by atoms with Crippen molar-refractivity contribution in [3.63, 3.8) is 0 Å². The van der Waals surface area contributed by atoms with E-state index in [0.717, 1.165) is 42.2 Å². The minimum Gasteiger partial charge on any atom is -0.361 e. The molecule has 0 radical (unpaired) electrons. The molecule has 0 aromatic carbocycles. The summed E-state index contributed by atoms with van der Waals surface area (Å²) in [5.41, 5.74) is 2.08. The van der Waals surface area contributed by atoms with E-state index < -0.39 is 0 Å². The van der Waals surface area contributed by atoms with Crippen LogP contribution in [0.5, 0.6) is 0 Å². The molecule has 116 valence electrons. The molecule has 0 aliphatic rings. The van der Waals surface area contributed by atoms with Crippen LogP contribution in [-0.4, -0.2) is 10.3 Å². The van der Waals surface area contributed by atoms with Gasteiger partial charge in [0.05, 0.1) is 11.4 Å². The number of rotatable bonds is 3. The van der Waals surface area contributed by atoms with Crippen molar-refractivity contribution in [2.75, 3.05) is 0 Å². The second kappa shape index (κ2) is 12.5. The van der Waals surface area contributed by atoms with E-state index in [1.54, 1.807) is 0 Å². The Morgan fingerprint density at radius 3 is 1.60 bits per heavy atom. The van der Waals surface area contributed by atoms with E-state index in [4.69, 9.17) is 9.05 Å². The van der Waals surface area contributed by atoms with Crippen LogP contribution in [0.15, 0.2) is 21.2 Å². The highest BCUT2D eigenvalue weighted by atomic mass is 16.5. The second-order valence-electron chi connectivity index (χ2n) is 3.77. The zero-order valence-electron chi connectivity index (χ0n) is 13.0. The van der Waals surface area contributed by atoms with E-state index >= 15 is 0 Å². The minimum atomic E-state index is 0. The maximum atomic E-state index is 4.95. The van der Waals surface area contributed by atoms with Crippen molar-refractivity contribution in [2.24, 2.45) is 0 Å². The average molecular weight is 282 g/mol. The summed E-state index contributed by atoms with van der Waals surface area (Å²) in [6.07, 6.45) is 2.86. The smallest absolute Gasteiger partial charge is 0.136 e. The van der Waals surface area contributed by atoms with E-state index in [2.05, 4.69) is 31.1 Å². The van der Waals surface area contributed by atoms with Crippen LogP contribution in [-0.2, 0) is 19.3 Å². The van der Waals surface area contributed by atoms with Crippen LogP contribution in [0.3, 0.4) is 0 Å². The molecule has 0 spiro atoms. The topological polar surface area (TPSA) is 52.1 Å². The van der Waals surface area contributed by atoms with Crippen molar-refractivity contribution in [3.05, 3.63) is 35.0 Å². The lowest BCUT2D eigenvalue weighted by atomic mass is 10.3. The van der Waals surface area contributed by atoms with Gasteiger partial charge in [-0.15, -0.1) is 0 Å². The summed E-state index contributed by atoms with van der Waals surface area (Å²) in [6, 6.07) is 3.94. The van der Waals surface area contributed by atoms with Crippen LogP contribution in [0.1, 0.15) is 65.0 Å². The van der Waals surface area contributed by atoms with Gasteiger partial charge in [-0.25, -0.2) is 0 Å². The van der Waals surface area contributed by atoms with Crippen molar-refractivity contribution in [3.8, 4) is 0 Å². The summed E-state index contributed by atoms with van der Waals surface area (Å²) in [6.45, 7) is 12.1. The average Bonchev–Trinajstić information content (AvgIpc) is 3.09. The van der Waals surface area contributed by atoms with E-state index in [1.165, 1.54) is 0 Å². The molecule has 2 aromatic heterocycles. The maximum absolute atomic E-state index is 4.95. The van der Waals surface area contributed by atoms with Gasteiger partial charge in [-0.1, -0.05) is 52.4 Å². The van der Waals surface area contributed by atoms with E-state index in [9.17, 15) is 0 Å². The molecule has 0 amide bonds. The fourth-order valence-electron chi connectivity index (χ4n) is 1.27. The minimum absolute atomic E-state index is 0. The Balaban J connectivity index is 0. The quantitative estimate of drug-likeness (QED) is 0.794. The third-order valence-corrected chi connectivity index (χ3v) is 2.36. The van der Waals surface area contributed by atoms with Gasteiger partial charge < -0.3 is 9.05 Å². The van der Waals surface area contributed by atoms with Crippen LogP contribution in [0.25, 0.3) is 0 Å². The molecular formula is C16H30N2O2. The molecule has 2 heterocycles. The van der Waals surface area contributed by atoms with Crippen LogP contribution >= 0.6 is 0 Å². The summed E-state index contributed by atoms with van der Waals surface area (Å²) in [4.78, 5) is 0. The summed E-state index contributed by atoms with van der Waals surface area (Å²) < 4.78 is 9.76. The van der Waals surface area contributed by atoms with Crippen molar-refractivity contribution in [2.45, 2.75) is 68.2 Å². The monoisotopic (exact) mass is 282 g/mol. The lowest BCUT2D eigenvalue weighted by Gasteiger charge is -1.77. The standard InChI is InChI=1S/C7H11NO.C6H9NO.C2H6.CH4/c1-3-6-5-7(4-2)9-8-6;1-3-6-4-5(2)8-7-6;1-2;/h5H,3-4H2,1-2H3;4H,3H2,1-2H3;1-2H3;1H4. The highest BCUT2D eigenvalue weighted by molar-refractivity contribution is 5.04. The fraction of sp³-hybridized carbons (Fsp3) is 0.625. The van der Waals surface area contributed by atoms with Gasteiger partial charge in [-0.05, 0) is 19.8 Å². The molecule has 0 N–H and O–H groups in total. The van der Waals surface area contributed by atoms with Gasteiger partial charge in [0.1, 0.15) is 11.5 Å². The van der Waals surface area contributed by atoms with Gasteiger partial charge in [0, 0.05) is 18.6 Å². The maximum Gasteiger partial charge on any atom is 0.136 e. The van der Waals surface area contributed by atoms with Crippen LogP contribution < -0.4 is 0 Å². The Kier molecular flexibility index (Phi) is 12.9. The van der Waals surface area contributed by atoms with E-state index in [-0.39, 0.29) is 7.43 Å². The normalized spacial score (nSPS) is 8.70. The molecule has 0 saturated carbocycles. The molecule has 4 heteroatoms. The molecule has 4 nitrogen and oxygen atoms in total. The van der Waals surface area contributed by atoms with E-state index in [1.807, 2.05) is 32.9 Å². The van der Waals surface area contributed by atoms with Crippen molar-refractivity contribution in [1.82, 2.24) is 10.3 Å². The molecule has 0 atom stereocenters. The molecular weight excluding hydrogens is 252 g/mol. The molecule has 0 unspecified atom stereocenters. The lowest BCUT2D eigenvalue weighted by Crippen LogP contribution is -1.74. The zero-order valence-corrected chi connectivity index (χ0v) is 13.0. The van der Waals surface area contributed by atoms with Crippen molar-refractivity contribution < 1.29 is 9.05 Å². The van der Waals surface area contributed by atoms with Crippen LogP contribution in [0, 0.1) is 6.92 Å². The van der Waals surface area contributed by atoms with Crippen molar-refractivity contribution in [1.29, 1.82) is 0 Å². The third kappa shape index (κ3) is 7.77. The molecule has 2 rings (SSSR count). The highest BCUT2D eigenvalue weighted by Gasteiger charge is 1.97. The first kappa shape index (κ1) is 20.7. The third-order valence-electron chi connectivity index (χ3n) is 2.36. The Hall–Kier alpha value is -1.58. The second-order valence-corrected chi connectivity index (χ2v) is 3.77. The van der Waals surface area contributed by atoms with Gasteiger partial charge in [0.15, 0.2) is 0 Å². The SMILES string of the molecule is C.CC.CCc1cc(C)on1.CCc1cc(CC)on1. The van der Waals surface area contributed by atoms with Crippen LogP contribution in [0.4, 0.5) is 0 Å². The van der Waals surface area contributed by atoms with Gasteiger partial charge in [-0.3, -0.25) is 0 Å². The molecule has 0 fully saturated rings. The van der Waals surface area contributed by atoms with Crippen LogP contribution in [0.2, 0.25) is 0 Å². The highest BCUT2D eigenvalue weighted by Crippen LogP contribution is 2.03. The molecule has 2 aromatic rings. The lowest BCUT2D eigenvalue weighted by molar-refractivity contribution is 0.381. The predicted octanol–water partition coefficient (Wildman–Crippen LogP) is 5.01. The Morgan fingerprint density at radius 2 is 1.35 bits per heavy atom. The van der Waals surface area contributed by atoms with Gasteiger partial charge in [-0.2, -0.15) is 0 Å². The van der Waals surface area contributed by atoms with Gasteiger partial charge in [0.2, 0.25) is 0 Å². The molecule has 0 aliphatic heterocycles. The predicted molar refractivity (Wildman–Crippen MR) is 84.0 cm³/mol. The van der Waals surface area contributed by atoms with Crippen molar-refractivity contribution >= 4 is 0 Å². The van der Waals surface area contributed by atoms with Gasteiger partial charge >= 0.3 is 0 Å². The number of aromatic nitrogens is 2. The number of hydrogen-bond donors (Lipinski definition) is 0. The summed E-state index contributed by atoms with van der Waals surface area (Å²) in [7, 11) is 0. The molecule has 20 heavy (non-hydrogen) atoms. The molecule has 0 saturated heterocycles. The molecule has 0 aliphatic carbocycles. The summed E-state index contributed by atoms with van der Waals surface area (Å²) in [5, 5.41) is 7.59. The largest absolute Gasteiger partial charge is 0.361 e. The summed E-state index contributed by atoms with van der Waals surface area (Å²) >= 11 is 0. The zero-order chi connectivity index (χ0) is 14.7. The number of aryl methyl sites for hydroxylation is 4. The van der Waals surface area contributed by atoms with E-state index in [0.29, 0.717) is 0 Å². The number of nitrogens with zero attached hydrogens (tertiary/aromatic N) is 2. The van der Waals surface area contributed by atoms with Gasteiger partial charge in [0.25, 0.3) is 0 Å².